The van der Waals surface area contributed by atoms with Crippen LogP contribution in [0.4, 0.5) is 5.69 Å². The summed E-state index contributed by atoms with van der Waals surface area (Å²) in [5.41, 5.74) is -0.386. The van der Waals surface area contributed by atoms with Crippen molar-refractivity contribution in [2.45, 2.75) is 26.3 Å². The number of carbonyl (C=O) groups excluding carboxylic acids is 3. The highest BCUT2D eigenvalue weighted by molar-refractivity contribution is 6.18. The van der Waals surface area contributed by atoms with Crippen molar-refractivity contribution >= 4 is 23.8 Å². The zero-order valence-electron chi connectivity index (χ0n) is 13.2. The fraction of sp³-hybridized carbons (Fsp3) is 0.294. The Hall–Kier alpha value is -2.94. The maximum atomic E-state index is 12.6. The number of para-hydroxylation sites is 1. The lowest BCUT2D eigenvalue weighted by Crippen LogP contribution is -2.53. The molecule has 1 heterocycles. The van der Waals surface area contributed by atoms with Gasteiger partial charge in [-0.25, -0.2) is 0 Å². The molecule has 0 radical (unpaired) electrons. The van der Waals surface area contributed by atoms with Crippen LogP contribution >= 0.6 is 0 Å². The Morgan fingerprint density at radius 2 is 1.96 bits per heavy atom. The van der Waals surface area contributed by atoms with E-state index in [4.69, 9.17) is 0 Å². The van der Waals surface area contributed by atoms with Gasteiger partial charge in [0.05, 0.1) is 6.07 Å². The molecule has 0 bridgehead atoms. The lowest BCUT2D eigenvalue weighted by Gasteiger charge is -2.34. The molecule has 1 aliphatic rings. The molecule has 1 aromatic rings. The molecule has 1 N–H and O–H groups in total. The monoisotopic (exact) mass is 311 g/mol. The second kappa shape index (κ2) is 6.05. The Balaban J connectivity index is 2.33. The van der Waals surface area contributed by atoms with Crippen LogP contribution in [-0.2, 0) is 9.59 Å². The third-order valence-corrected chi connectivity index (χ3v) is 4.09. The van der Waals surface area contributed by atoms with Crippen molar-refractivity contribution in [3.05, 3.63) is 41.6 Å². The fourth-order valence-corrected chi connectivity index (χ4v) is 2.30. The van der Waals surface area contributed by atoms with Crippen LogP contribution in [0.15, 0.2) is 36.0 Å². The molecule has 1 unspecified atom stereocenters. The number of anilines is 1. The average molecular weight is 311 g/mol. The second-order valence-corrected chi connectivity index (χ2v) is 5.78. The van der Waals surface area contributed by atoms with E-state index in [9.17, 15) is 19.6 Å². The van der Waals surface area contributed by atoms with Gasteiger partial charge < -0.3 is 5.32 Å². The van der Waals surface area contributed by atoms with Gasteiger partial charge in [-0.3, -0.25) is 19.3 Å². The summed E-state index contributed by atoms with van der Waals surface area (Å²) in [7, 11) is 0. The number of benzene rings is 1. The van der Waals surface area contributed by atoms with E-state index in [1.165, 1.54) is 0 Å². The first kappa shape index (κ1) is 16.4. The zero-order chi connectivity index (χ0) is 17.2. The summed E-state index contributed by atoms with van der Waals surface area (Å²) in [5, 5.41) is 12.2. The number of imide groups is 1. The third kappa shape index (κ3) is 2.73. The molecule has 23 heavy (non-hydrogen) atoms. The first-order valence-electron chi connectivity index (χ1n) is 7.18. The van der Waals surface area contributed by atoms with E-state index in [1.807, 2.05) is 0 Å². The van der Waals surface area contributed by atoms with E-state index in [0.29, 0.717) is 17.5 Å². The molecule has 6 heteroatoms. The normalized spacial score (nSPS) is 16.8. The Morgan fingerprint density at radius 3 is 2.52 bits per heavy atom. The van der Waals surface area contributed by atoms with Gasteiger partial charge in [-0.05, 0) is 25.0 Å². The number of carbonyl (C=O) groups is 3. The largest absolute Gasteiger partial charge is 0.350 e. The van der Waals surface area contributed by atoms with Crippen LogP contribution in [0, 0.1) is 17.2 Å². The van der Waals surface area contributed by atoms with Crippen LogP contribution in [0.25, 0.3) is 0 Å². The second-order valence-electron chi connectivity index (χ2n) is 5.78. The Labute approximate surface area is 134 Å². The topological polar surface area (TPSA) is 90.3 Å². The molecule has 118 valence electrons. The van der Waals surface area contributed by atoms with Crippen molar-refractivity contribution in [1.82, 2.24) is 4.90 Å². The van der Waals surface area contributed by atoms with Crippen LogP contribution in [0.5, 0.6) is 0 Å². The molecule has 2 rings (SSSR count). The molecule has 0 fully saturated rings. The highest BCUT2D eigenvalue weighted by Crippen LogP contribution is 2.30. The molecule has 0 saturated carbocycles. The number of nitriles is 1. The molecule has 1 aromatic carbocycles. The van der Waals surface area contributed by atoms with E-state index in [1.54, 1.807) is 45.0 Å². The zero-order valence-corrected chi connectivity index (χ0v) is 13.2. The van der Waals surface area contributed by atoms with Crippen LogP contribution < -0.4 is 5.32 Å². The van der Waals surface area contributed by atoms with E-state index in [-0.39, 0.29) is 11.6 Å². The van der Waals surface area contributed by atoms with Crippen LogP contribution in [0.3, 0.4) is 0 Å². The summed E-state index contributed by atoms with van der Waals surface area (Å²) in [5.74, 6) is -1.34. The molecular formula is C17H17N3O3. The number of hydrogen-bond acceptors (Lipinski definition) is 5. The summed E-state index contributed by atoms with van der Waals surface area (Å²) in [6, 6.07) is 8.70. The van der Waals surface area contributed by atoms with E-state index >= 15 is 0 Å². The van der Waals surface area contributed by atoms with Gasteiger partial charge in [0.15, 0.2) is 6.29 Å². The van der Waals surface area contributed by atoms with Crippen molar-refractivity contribution in [2.24, 2.45) is 5.92 Å². The molecule has 0 aromatic heterocycles. The summed E-state index contributed by atoms with van der Waals surface area (Å²) in [4.78, 5) is 36.8. The molecule has 0 saturated heterocycles. The fourth-order valence-electron chi connectivity index (χ4n) is 2.30. The van der Waals surface area contributed by atoms with Crippen LogP contribution in [-0.4, -0.2) is 28.5 Å². The number of aldehydes is 1. The third-order valence-electron chi connectivity index (χ3n) is 4.09. The van der Waals surface area contributed by atoms with Gasteiger partial charge in [-0.2, -0.15) is 5.26 Å². The molecule has 1 atom stereocenters. The minimum absolute atomic E-state index is 0.0476. The first-order valence-corrected chi connectivity index (χ1v) is 7.18. The molecule has 0 spiro atoms. The van der Waals surface area contributed by atoms with Gasteiger partial charge >= 0.3 is 0 Å². The molecule has 2 amide bonds. The Kier molecular flexibility index (Phi) is 4.32. The highest BCUT2D eigenvalue weighted by Gasteiger charge is 2.46. The Morgan fingerprint density at radius 1 is 1.30 bits per heavy atom. The SMILES string of the molecule is CC(C)C(C)(C#N)N1C(=O)C=C(Nc2ccccc2C=O)C1=O. The van der Waals surface area contributed by atoms with Crippen molar-refractivity contribution in [3.63, 3.8) is 0 Å². The van der Waals surface area contributed by atoms with E-state index < -0.39 is 17.4 Å². The maximum absolute atomic E-state index is 12.6. The number of nitrogens with one attached hydrogen (secondary N) is 1. The summed E-state index contributed by atoms with van der Waals surface area (Å²) in [6.45, 7) is 5.11. The van der Waals surface area contributed by atoms with Crippen LogP contribution in [0.1, 0.15) is 31.1 Å². The number of amides is 2. The van der Waals surface area contributed by atoms with Gasteiger partial charge in [-0.15, -0.1) is 0 Å². The highest BCUT2D eigenvalue weighted by atomic mass is 16.2. The maximum Gasteiger partial charge on any atom is 0.278 e. The van der Waals surface area contributed by atoms with Crippen molar-refractivity contribution < 1.29 is 14.4 Å². The first-order chi connectivity index (χ1) is 10.8. The van der Waals surface area contributed by atoms with Gasteiger partial charge in [0.1, 0.15) is 11.2 Å². The molecule has 6 nitrogen and oxygen atoms in total. The van der Waals surface area contributed by atoms with Gasteiger partial charge in [-0.1, -0.05) is 26.0 Å². The summed E-state index contributed by atoms with van der Waals surface area (Å²) in [6.07, 6.45) is 1.82. The summed E-state index contributed by atoms with van der Waals surface area (Å²) >= 11 is 0. The lowest BCUT2D eigenvalue weighted by atomic mass is 9.88. The smallest absolute Gasteiger partial charge is 0.278 e. The predicted molar refractivity (Wildman–Crippen MR) is 84.2 cm³/mol. The Bertz CT molecular complexity index is 746. The quantitative estimate of drug-likeness (QED) is 0.664. The van der Waals surface area contributed by atoms with Crippen molar-refractivity contribution in [3.8, 4) is 6.07 Å². The average Bonchev–Trinajstić information content (AvgIpc) is 2.81. The molecular weight excluding hydrogens is 294 g/mol. The van der Waals surface area contributed by atoms with E-state index in [2.05, 4.69) is 11.4 Å². The van der Waals surface area contributed by atoms with Crippen LogP contribution in [0.2, 0.25) is 0 Å². The van der Waals surface area contributed by atoms with Gasteiger partial charge in [0.2, 0.25) is 0 Å². The minimum Gasteiger partial charge on any atom is -0.350 e. The molecule has 1 aliphatic heterocycles. The van der Waals surface area contributed by atoms with Crippen molar-refractivity contribution in [1.29, 1.82) is 5.26 Å². The predicted octanol–water partition coefficient (Wildman–Crippen LogP) is 2.10. The number of hydrogen-bond donors (Lipinski definition) is 1. The number of rotatable bonds is 5. The lowest BCUT2D eigenvalue weighted by molar-refractivity contribution is -0.143. The van der Waals surface area contributed by atoms with Crippen molar-refractivity contribution in [2.75, 3.05) is 5.32 Å². The van der Waals surface area contributed by atoms with Gasteiger partial charge in [0.25, 0.3) is 11.8 Å². The summed E-state index contributed by atoms with van der Waals surface area (Å²) < 4.78 is 0. The number of nitrogens with zero attached hydrogens (tertiary/aromatic N) is 2. The standard InChI is InChI=1S/C17H17N3O3/c1-11(2)17(3,10-18)20-15(22)8-14(16(20)23)19-13-7-5-4-6-12(13)9-21/h4-9,11,19H,1-3H3. The van der Waals surface area contributed by atoms with E-state index in [0.717, 1.165) is 11.0 Å². The molecule has 0 aliphatic carbocycles. The van der Waals surface area contributed by atoms with Gasteiger partial charge in [0, 0.05) is 17.3 Å². The minimum atomic E-state index is -1.24.